The normalized spacial score (nSPS) is 47.7. The van der Waals surface area contributed by atoms with Crippen LogP contribution in [0.3, 0.4) is 0 Å². The van der Waals surface area contributed by atoms with Crippen LogP contribution >= 0.6 is 11.6 Å². The minimum Gasteiger partial charge on any atom is -0.123 e. The fraction of sp³-hybridized carbons (Fsp3) is 1.00. The first-order valence-electron chi connectivity index (χ1n) is 8.40. The molecule has 18 heavy (non-hydrogen) atoms. The van der Waals surface area contributed by atoms with Crippen LogP contribution in [0.1, 0.15) is 71.1 Å². The zero-order valence-corrected chi connectivity index (χ0v) is 12.7. The Morgan fingerprint density at radius 2 is 1.83 bits per heavy atom. The summed E-state index contributed by atoms with van der Waals surface area (Å²) in [6.45, 7) is 2.33. The quantitative estimate of drug-likeness (QED) is 0.579. The smallest absolute Gasteiger partial charge is 0.0364 e. The van der Waals surface area contributed by atoms with Crippen molar-refractivity contribution in [1.29, 1.82) is 0 Å². The van der Waals surface area contributed by atoms with Gasteiger partial charge in [0.05, 0.1) is 0 Å². The summed E-state index contributed by atoms with van der Waals surface area (Å²) >= 11 is 6.63. The Morgan fingerprint density at radius 1 is 0.944 bits per heavy atom. The Bertz CT molecular complexity index is 275. The van der Waals surface area contributed by atoms with E-state index < -0.39 is 0 Å². The van der Waals surface area contributed by atoms with Gasteiger partial charge in [-0.15, -0.1) is 11.6 Å². The number of hydrogen-bond donors (Lipinski definition) is 0. The highest BCUT2D eigenvalue weighted by molar-refractivity contribution is 6.20. The molecule has 0 aromatic carbocycles. The largest absolute Gasteiger partial charge is 0.123 e. The summed E-state index contributed by atoms with van der Waals surface area (Å²) in [6, 6.07) is 0. The van der Waals surface area contributed by atoms with Crippen LogP contribution in [0.25, 0.3) is 0 Å². The van der Waals surface area contributed by atoms with E-state index in [4.69, 9.17) is 11.6 Å². The van der Waals surface area contributed by atoms with Crippen molar-refractivity contribution < 1.29 is 0 Å². The van der Waals surface area contributed by atoms with Crippen molar-refractivity contribution in [3.05, 3.63) is 0 Å². The Labute approximate surface area is 118 Å². The first kappa shape index (κ1) is 13.3. The van der Waals surface area contributed by atoms with E-state index in [0.29, 0.717) is 5.38 Å². The summed E-state index contributed by atoms with van der Waals surface area (Å²) in [5.74, 6) is 5.08. The van der Waals surface area contributed by atoms with E-state index in [1.54, 1.807) is 12.8 Å². The maximum Gasteiger partial charge on any atom is 0.0364 e. The number of alkyl halides is 1. The lowest BCUT2D eigenvalue weighted by atomic mass is 9.73. The van der Waals surface area contributed by atoms with Gasteiger partial charge >= 0.3 is 0 Å². The van der Waals surface area contributed by atoms with Crippen LogP contribution < -0.4 is 0 Å². The third kappa shape index (κ3) is 2.74. The molecule has 3 fully saturated rings. The number of halogens is 1. The molecule has 0 radical (unpaired) electrons. The molecule has 0 N–H and O–H groups in total. The van der Waals surface area contributed by atoms with Gasteiger partial charge in [-0.2, -0.15) is 0 Å². The second-order valence-electron chi connectivity index (χ2n) is 7.41. The first-order chi connectivity index (χ1) is 8.76. The van der Waals surface area contributed by atoms with Crippen molar-refractivity contribution in [2.75, 3.05) is 0 Å². The summed E-state index contributed by atoms with van der Waals surface area (Å²) in [5, 5.41) is 0.497. The van der Waals surface area contributed by atoms with Crippen molar-refractivity contribution in [3.8, 4) is 0 Å². The van der Waals surface area contributed by atoms with Gasteiger partial charge in [-0.1, -0.05) is 26.2 Å². The van der Waals surface area contributed by atoms with Gasteiger partial charge in [-0.05, 0) is 74.5 Å². The molecule has 3 rings (SSSR count). The van der Waals surface area contributed by atoms with Crippen LogP contribution in [-0.2, 0) is 0 Å². The van der Waals surface area contributed by atoms with E-state index in [9.17, 15) is 0 Å². The molecule has 6 unspecified atom stereocenters. The van der Waals surface area contributed by atoms with Crippen LogP contribution in [0.2, 0.25) is 0 Å². The Morgan fingerprint density at radius 3 is 2.50 bits per heavy atom. The molecule has 0 saturated heterocycles. The highest BCUT2D eigenvalue weighted by Crippen LogP contribution is 2.52. The molecule has 0 nitrogen and oxygen atoms in total. The van der Waals surface area contributed by atoms with Gasteiger partial charge in [-0.25, -0.2) is 0 Å². The molecule has 3 aliphatic carbocycles. The maximum absolute atomic E-state index is 6.63. The van der Waals surface area contributed by atoms with Crippen molar-refractivity contribution >= 4 is 11.6 Å². The molecule has 0 aromatic heterocycles. The van der Waals surface area contributed by atoms with Crippen molar-refractivity contribution in [1.82, 2.24) is 0 Å². The van der Waals surface area contributed by atoms with E-state index in [1.807, 2.05) is 0 Å². The molecule has 3 aliphatic rings. The third-order valence-electron chi connectivity index (χ3n) is 6.19. The monoisotopic (exact) mass is 268 g/mol. The fourth-order valence-corrected chi connectivity index (χ4v) is 5.62. The summed E-state index contributed by atoms with van der Waals surface area (Å²) in [7, 11) is 0. The van der Waals surface area contributed by atoms with E-state index in [0.717, 1.165) is 29.6 Å². The summed E-state index contributed by atoms with van der Waals surface area (Å²) in [4.78, 5) is 0. The van der Waals surface area contributed by atoms with Crippen molar-refractivity contribution in [2.45, 2.75) is 76.5 Å². The highest BCUT2D eigenvalue weighted by atomic mass is 35.5. The summed E-state index contributed by atoms with van der Waals surface area (Å²) in [6.07, 6.45) is 14.6. The van der Waals surface area contributed by atoms with Crippen LogP contribution in [0.4, 0.5) is 0 Å². The number of fused-ring (bicyclic) bond motifs is 2. The molecule has 0 aromatic rings. The molecule has 0 heterocycles. The standard InChI is InChI=1S/C17H29Cl/c1-2-3-12-5-7-17(18)16(8-12)11-15-10-13-4-6-14(15)9-13/h12-17H,2-11H2,1H3. The lowest BCUT2D eigenvalue weighted by Crippen LogP contribution is -2.28. The molecule has 0 amide bonds. The molecular formula is C17H29Cl. The molecule has 6 atom stereocenters. The fourth-order valence-electron chi connectivity index (χ4n) is 5.29. The first-order valence-corrected chi connectivity index (χ1v) is 8.84. The lowest BCUT2D eigenvalue weighted by molar-refractivity contribution is 0.193. The van der Waals surface area contributed by atoms with Crippen LogP contribution in [-0.4, -0.2) is 5.38 Å². The molecule has 2 bridgehead atoms. The van der Waals surface area contributed by atoms with Gasteiger partial charge in [0.25, 0.3) is 0 Å². The van der Waals surface area contributed by atoms with Gasteiger partial charge in [0, 0.05) is 5.38 Å². The molecular weight excluding hydrogens is 240 g/mol. The summed E-state index contributed by atoms with van der Waals surface area (Å²) in [5.41, 5.74) is 0. The van der Waals surface area contributed by atoms with Crippen LogP contribution in [0.15, 0.2) is 0 Å². The van der Waals surface area contributed by atoms with Gasteiger partial charge < -0.3 is 0 Å². The predicted octanol–water partition coefficient (Wildman–Crippen LogP) is 5.64. The average Bonchev–Trinajstić information content (AvgIpc) is 2.96. The van der Waals surface area contributed by atoms with E-state index in [-0.39, 0.29) is 0 Å². The molecule has 104 valence electrons. The van der Waals surface area contributed by atoms with Gasteiger partial charge in [-0.3, -0.25) is 0 Å². The molecule has 0 aliphatic heterocycles. The number of rotatable bonds is 4. The Kier molecular flexibility index (Phi) is 4.23. The van der Waals surface area contributed by atoms with E-state index in [2.05, 4.69) is 6.92 Å². The maximum atomic E-state index is 6.63. The molecule has 1 heteroatoms. The predicted molar refractivity (Wildman–Crippen MR) is 78.9 cm³/mol. The van der Waals surface area contributed by atoms with E-state index >= 15 is 0 Å². The Balaban J connectivity index is 1.54. The zero-order chi connectivity index (χ0) is 12.5. The van der Waals surface area contributed by atoms with Gasteiger partial charge in [0.2, 0.25) is 0 Å². The minimum atomic E-state index is 0.497. The topological polar surface area (TPSA) is 0 Å². The third-order valence-corrected chi connectivity index (χ3v) is 6.76. The van der Waals surface area contributed by atoms with E-state index in [1.165, 1.54) is 51.4 Å². The van der Waals surface area contributed by atoms with Crippen LogP contribution in [0, 0.1) is 29.6 Å². The van der Waals surface area contributed by atoms with Gasteiger partial charge in [0.1, 0.15) is 0 Å². The SMILES string of the molecule is CCCC1CCC(Cl)C(CC2CC3CCC2C3)C1. The van der Waals surface area contributed by atoms with Crippen molar-refractivity contribution in [2.24, 2.45) is 29.6 Å². The van der Waals surface area contributed by atoms with Gasteiger partial charge in [0.15, 0.2) is 0 Å². The molecule has 3 saturated carbocycles. The zero-order valence-electron chi connectivity index (χ0n) is 11.9. The molecule has 0 spiro atoms. The average molecular weight is 269 g/mol. The summed E-state index contributed by atoms with van der Waals surface area (Å²) < 4.78 is 0. The number of hydrogen-bond acceptors (Lipinski definition) is 0. The van der Waals surface area contributed by atoms with Crippen LogP contribution in [0.5, 0.6) is 0 Å². The lowest BCUT2D eigenvalue weighted by Gasteiger charge is -2.36. The Hall–Kier alpha value is 0.290. The second kappa shape index (κ2) is 5.73. The minimum absolute atomic E-state index is 0.497. The highest BCUT2D eigenvalue weighted by Gasteiger charge is 2.41. The second-order valence-corrected chi connectivity index (χ2v) is 7.98. The van der Waals surface area contributed by atoms with Crippen molar-refractivity contribution in [3.63, 3.8) is 0 Å².